The van der Waals surface area contributed by atoms with Gasteiger partial charge in [0.15, 0.2) is 0 Å². The van der Waals surface area contributed by atoms with E-state index in [1.54, 1.807) is 30.3 Å². The van der Waals surface area contributed by atoms with E-state index in [9.17, 15) is 0 Å². The summed E-state index contributed by atoms with van der Waals surface area (Å²) < 4.78 is 0.617. The molecule has 23 heavy (non-hydrogen) atoms. The van der Waals surface area contributed by atoms with E-state index < -0.39 is 0 Å². The Labute approximate surface area is 163 Å². The third-order valence-corrected chi connectivity index (χ3v) is 6.70. The van der Waals surface area contributed by atoms with Crippen LogP contribution in [0.4, 0.5) is 0 Å². The van der Waals surface area contributed by atoms with Gasteiger partial charge in [-0.3, -0.25) is 0 Å². The largest absolute Gasteiger partial charge is 1.00 e. The predicted octanol–water partition coefficient (Wildman–Crippen LogP) is -0.500. The zero-order valence-electron chi connectivity index (χ0n) is 12.5. The molecular formula is C20H13Cl2Zr. The molecule has 0 nitrogen and oxygen atoms in total. The first-order chi connectivity index (χ1) is 10.3. The molecule has 0 amide bonds. The summed E-state index contributed by atoms with van der Waals surface area (Å²) in [4.78, 5) is 0. The average molecular weight is 415 g/mol. The summed E-state index contributed by atoms with van der Waals surface area (Å²) in [7, 11) is 0. The second kappa shape index (κ2) is 5.89. The second-order valence-corrected chi connectivity index (χ2v) is 7.44. The molecule has 0 saturated heterocycles. The van der Waals surface area contributed by atoms with Gasteiger partial charge in [-0.1, -0.05) is 0 Å². The average Bonchev–Trinajstić information content (AvgIpc) is 2.98. The van der Waals surface area contributed by atoms with E-state index in [2.05, 4.69) is 61.5 Å². The van der Waals surface area contributed by atoms with E-state index in [0.29, 0.717) is 3.63 Å². The minimum atomic E-state index is 0. The molecule has 3 aromatic rings. The van der Waals surface area contributed by atoms with Gasteiger partial charge in [-0.25, -0.2) is 0 Å². The van der Waals surface area contributed by atoms with Crippen molar-refractivity contribution >= 4 is 16.8 Å². The number of fused-ring (bicyclic) bond motifs is 5. The van der Waals surface area contributed by atoms with Crippen molar-refractivity contribution in [2.24, 2.45) is 0 Å². The van der Waals surface area contributed by atoms with Gasteiger partial charge in [0.05, 0.1) is 0 Å². The fraction of sp³-hybridized carbons (Fsp3) is 0.100. The van der Waals surface area contributed by atoms with Crippen LogP contribution in [0, 0.1) is 0 Å². The Morgan fingerprint density at radius 3 is 2.26 bits per heavy atom. The number of hydrogen-bond acceptors (Lipinski definition) is 0. The van der Waals surface area contributed by atoms with Crippen molar-refractivity contribution in [3.8, 4) is 22.3 Å². The van der Waals surface area contributed by atoms with Crippen molar-refractivity contribution < 1.29 is 49.5 Å². The van der Waals surface area contributed by atoms with E-state index in [1.807, 2.05) is 0 Å². The molecule has 0 bridgehead atoms. The second-order valence-electron chi connectivity index (χ2n) is 6.02. The van der Waals surface area contributed by atoms with Gasteiger partial charge < -0.3 is 24.8 Å². The fourth-order valence-corrected chi connectivity index (χ4v) is 4.89. The normalized spacial score (nSPS) is 16.3. The first-order valence-corrected chi connectivity index (χ1v) is 8.76. The van der Waals surface area contributed by atoms with E-state index >= 15 is 0 Å². The van der Waals surface area contributed by atoms with E-state index in [4.69, 9.17) is 0 Å². The van der Waals surface area contributed by atoms with Crippen LogP contribution in [0.1, 0.15) is 21.7 Å². The number of allylic oxidation sites excluding steroid dienone is 1. The van der Waals surface area contributed by atoms with Crippen LogP contribution in [0.5, 0.6) is 0 Å². The molecule has 0 fully saturated rings. The van der Waals surface area contributed by atoms with Crippen LogP contribution in [-0.4, -0.2) is 0 Å². The molecule has 0 spiro atoms. The smallest absolute Gasteiger partial charge is 1.00 e. The van der Waals surface area contributed by atoms with Gasteiger partial charge in [0.25, 0.3) is 0 Å². The van der Waals surface area contributed by atoms with Gasteiger partial charge in [0.2, 0.25) is 0 Å². The van der Waals surface area contributed by atoms with Crippen LogP contribution in [0.2, 0.25) is 0 Å². The molecular weight excluding hydrogens is 402 g/mol. The van der Waals surface area contributed by atoms with Gasteiger partial charge in [-0.05, 0) is 0 Å². The number of hydrogen-bond donors (Lipinski definition) is 0. The maximum Gasteiger partial charge on any atom is -1.00 e. The monoisotopic (exact) mass is 413 g/mol. The molecule has 1 atom stereocenters. The molecule has 5 rings (SSSR count). The molecule has 0 heterocycles. The first-order valence-electron chi connectivity index (χ1n) is 7.34. The number of rotatable bonds is 0. The zero-order valence-corrected chi connectivity index (χ0v) is 16.5. The zero-order chi connectivity index (χ0) is 14.1. The molecule has 2 aliphatic rings. The van der Waals surface area contributed by atoms with E-state index in [-0.39, 0.29) is 24.8 Å². The van der Waals surface area contributed by atoms with E-state index in [1.165, 1.54) is 44.2 Å². The van der Waals surface area contributed by atoms with Crippen LogP contribution in [0.3, 0.4) is 0 Å². The minimum Gasteiger partial charge on any atom is -1.00 e. The summed E-state index contributed by atoms with van der Waals surface area (Å²) >= 11 is 1.59. The molecule has 2 aliphatic carbocycles. The van der Waals surface area contributed by atoms with Crippen molar-refractivity contribution in [3.05, 3.63) is 65.2 Å². The summed E-state index contributed by atoms with van der Waals surface area (Å²) in [5.41, 5.74) is 10.3. The van der Waals surface area contributed by atoms with Crippen LogP contribution >= 0.6 is 0 Å². The van der Waals surface area contributed by atoms with Gasteiger partial charge in [-0.2, -0.15) is 0 Å². The molecule has 3 heteroatoms. The Hall–Kier alpha value is -0.877. The molecule has 0 aromatic heterocycles. The Balaban J connectivity index is 0.000000781. The maximum absolute atomic E-state index is 2.37. The molecule has 0 N–H and O–H groups in total. The molecule has 0 radical (unpaired) electrons. The van der Waals surface area contributed by atoms with Gasteiger partial charge in [0, 0.05) is 0 Å². The molecule has 0 saturated carbocycles. The molecule has 111 valence electrons. The van der Waals surface area contributed by atoms with Gasteiger partial charge >= 0.3 is 140 Å². The van der Waals surface area contributed by atoms with Crippen LogP contribution in [0.25, 0.3) is 39.1 Å². The maximum atomic E-state index is 2.37. The number of benzene rings is 3. The first kappa shape index (κ1) is 17.0. The van der Waals surface area contributed by atoms with Crippen molar-refractivity contribution in [2.45, 2.75) is 10.5 Å². The van der Waals surface area contributed by atoms with Gasteiger partial charge in [-0.15, -0.1) is 0 Å². The third kappa shape index (κ3) is 2.14. The molecule has 0 aliphatic heterocycles. The van der Waals surface area contributed by atoms with Crippen LogP contribution < -0.4 is 24.8 Å². The summed E-state index contributed by atoms with van der Waals surface area (Å²) in [6.07, 6.45) is 2.37. The number of halogens is 2. The van der Waals surface area contributed by atoms with Crippen molar-refractivity contribution in [1.29, 1.82) is 0 Å². The van der Waals surface area contributed by atoms with Crippen molar-refractivity contribution in [2.75, 3.05) is 0 Å². The van der Waals surface area contributed by atoms with Gasteiger partial charge in [0.1, 0.15) is 0 Å². The SMILES string of the molecule is CC1=Cc2ccc3c(c2[CH]1[Zr+2])-c1cccc2cccc-3c12.[Cl-].[Cl-]. The van der Waals surface area contributed by atoms with E-state index in [0.717, 1.165) is 0 Å². The third-order valence-electron chi connectivity index (χ3n) is 4.87. The van der Waals surface area contributed by atoms with Crippen molar-refractivity contribution in [3.63, 3.8) is 0 Å². The molecule has 3 aromatic carbocycles. The summed E-state index contributed by atoms with van der Waals surface area (Å²) in [6.45, 7) is 2.27. The predicted molar refractivity (Wildman–Crippen MR) is 84.8 cm³/mol. The summed E-state index contributed by atoms with van der Waals surface area (Å²) in [5.74, 6) is 0. The standard InChI is InChI=1S/C20H13.2ClH.Zr/c1-12-10-14-8-9-16-15-6-2-4-13-5-3-7-17(19(13)15)20(16)18(14)11-12;;;/h2-11H,1H3;2*1H;/q;;;+2/p-2. The topological polar surface area (TPSA) is 0 Å². The molecule has 1 unspecified atom stereocenters. The quantitative estimate of drug-likeness (QED) is 0.363. The van der Waals surface area contributed by atoms with Crippen LogP contribution in [-0.2, 0) is 24.7 Å². The Bertz CT molecular complexity index is 968. The summed E-state index contributed by atoms with van der Waals surface area (Å²) in [6, 6.07) is 18.0. The Morgan fingerprint density at radius 1 is 0.826 bits per heavy atom. The minimum absolute atomic E-state index is 0. The fourth-order valence-electron chi connectivity index (χ4n) is 3.92. The van der Waals surface area contributed by atoms with Crippen LogP contribution in [0.15, 0.2) is 54.1 Å². The summed E-state index contributed by atoms with van der Waals surface area (Å²) in [5, 5.41) is 2.80. The van der Waals surface area contributed by atoms with Crippen molar-refractivity contribution in [1.82, 2.24) is 0 Å². The Kier molecular flexibility index (Phi) is 4.34. The Morgan fingerprint density at radius 2 is 1.52 bits per heavy atom.